The van der Waals surface area contributed by atoms with Gasteiger partial charge in [0.05, 0.1) is 0 Å². The summed E-state index contributed by atoms with van der Waals surface area (Å²) in [4.78, 5) is 0. The summed E-state index contributed by atoms with van der Waals surface area (Å²) in [6.45, 7) is 2.23. The molecule has 0 heterocycles. The topological polar surface area (TPSA) is 0 Å². The number of unbranched alkanes of at least 4 members (excludes halogenated alkanes) is 3. The molecule has 1 rings (SSSR count). The quantitative estimate of drug-likeness (QED) is 0.450. The molecule has 0 radical (unpaired) electrons. The lowest BCUT2D eigenvalue weighted by Crippen LogP contribution is -2.03. The zero-order valence-corrected chi connectivity index (χ0v) is 11.4. The minimum atomic E-state index is 0.262. The smallest absolute Gasteiger partial charge is 0.0406 e. The third-order valence-corrected chi connectivity index (χ3v) is 3.37. The molecule has 0 fully saturated rings. The standard InChI is InChI=1S/C14H20Cl2/c1-2-3-4-5-6-14(16)11-12-7-9-13(15)10-8-12/h7-10,14H,2-6,11H2,1H3. The maximum absolute atomic E-state index is 6.30. The van der Waals surface area contributed by atoms with Gasteiger partial charge in [-0.25, -0.2) is 0 Å². The molecule has 1 atom stereocenters. The molecule has 16 heavy (non-hydrogen) atoms. The second-order valence-corrected chi connectivity index (χ2v) is 5.33. The van der Waals surface area contributed by atoms with Crippen LogP contribution in [0.3, 0.4) is 0 Å². The Hall–Kier alpha value is -0.200. The average Bonchev–Trinajstić information content (AvgIpc) is 2.28. The Labute approximate surface area is 109 Å². The van der Waals surface area contributed by atoms with Gasteiger partial charge >= 0.3 is 0 Å². The van der Waals surface area contributed by atoms with E-state index in [0.717, 1.165) is 17.9 Å². The van der Waals surface area contributed by atoms with Gasteiger partial charge in [-0.1, -0.05) is 56.3 Å². The largest absolute Gasteiger partial charge is 0.123 e. The molecule has 2 heteroatoms. The summed E-state index contributed by atoms with van der Waals surface area (Å²) >= 11 is 12.1. The SMILES string of the molecule is CCCCCCC(Cl)Cc1ccc(Cl)cc1. The highest BCUT2D eigenvalue weighted by molar-refractivity contribution is 6.30. The van der Waals surface area contributed by atoms with E-state index < -0.39 is 0 Å². The van der Waals surface area contributed by atoms with Gasteiger partial charge in [-0.2, -0.15) is 0 Å². The van der Waals surface area contributed by atoms with E-state index in [0.29, 0.717) is 0 Å². The number of hydrogen-bond donors (Lipinski definition) is 0. The molecule has 0 nitrogen and oxygen atoms in total. The molecule has 0 N–H and O–H groups in total. The van der Waals surface area contributed by atoms with Crippen LogP contribution in [0.5, 0.6) is 0 Å². The first-order valence-corrected chi connectivity index (χ1v) is 6.92. The minimum absolute atomic E-state index is 0.262. The number of halogens is 2. The molecule has 0 aliphatic heterocycles. The van der Waals surface area contributed by atoms with Crippen molar-refractivity contribution in [3.8, 4) is 0 Å². The zero-order chi connectivity index (χ0) is 11.8. The van der Waals surface area contributed by atoms with E-state index in [2.05, 4.69) is 19.1 Å². The van der Waals surface area contributed by atoms with Gasteiger partial charge in [-0.3, -0.25) is 0 Å². The van der Waals surface area contributed by atoms with Crippen LogP contribution in [0, 0.1) is 0 Å². The Balaban J connectivity index is 2.23. The third kappa shape index (κ3) is 5.77. The molecule has 0 aliphatic carbocycles. The van der Waals surface area contributed by atoms with Crippen LogP contribution in [0.1, 0.15) is 44.6 Å². The third-order valence-electron chi connectivity index (χ3n) is 2.74. The van der Waals surface area contributed by atoms with Crippen molar-refractivity contribution in [1.29, 1.82) is 0 Å². The molecule has 0 saturated carbocycles. The highest BCUT2D eigenvalue weighted by atomic mass is 35.5. The molecule has 0 spiro atoms. The minimum Gasteiger partial charge on any atom is -0.123 e. The van der Waals surface area contributed by atoms with Crippen LogP contribution in [0.2, 0.25) is 5.02 Å². The van der Waals surface area contributed by atoms with Crippen molar-refractivity contribution in [3.63, 3.8) is 0 Å². The first-order chi connectivity index (χ1) is 7.72. The molecule has 1 aromatic rings. The molecular weight excluding hydrogens is 239 g/mol. The fraction of sp³-hybridized carbons (Fsp3) is 0.571. The maximum atomic E-state index is 6.30. The molecule has 0 amide bonds. The van der Waals surface area contributed by atoms with Crippen molar-refractivity contribution in [2.24, 2.45) is 0 Å². The van der Waals surface area contributed by atoms with Gasteiger partial charge in [0.1, 0.15) is 0 Å². The number of alkyl halides is 1. The van der Waals surface area contributed by atoms with E-state index >= 15 is 0 Å². The van der Waals surface area contributed by atoms with Crippen LogP contribution in [0.4, 0.5) is 0 Å². The lowest BCUT2D eigenvalue weighted by molar-refractivity contribution is 0.612. The fourth-order valence-electron chi connectivity index (χ4n) is 1.77. The summed E-state index contributed by atoms with van der Waals surface area (Å²) in [7, 11) is 0. The van der Waals surface area contributed by atoms with Gasteiger partial charge in [0, 0.05) is 10.4 Å². The van der Waals surface area contributed by atoms with Crippen molar-refractivity contribution in [2.75, 3.05) is 0 Å². The summed E-state index contributed by atoms with van der Waals surface area (Å²) in [6.07, 6.45) is 7.22. The lowest BCUT2D eigenvalue weighted by atomic mass is 10.0. The van der Waals surface area contributed by atoms with Crippen LogP contribution >= 0.6 is 23.2 Å². The highest BCUT2D eigenvalue weighted by Crippen LogP contribution is 2.17. The highest BCUT2D eigenvalue weighted by Gasteiger charge is 2.05. The monoisotopic (exact) mass is 258 g/mol. The predicted octanol–water partition coefficient (Wildman–Crippen LogP) is 5.46. The molecule has 1 aromatic carbocycles. The first kappa shape index (κ1) is 13.9. The van der Waals surface area contributed by atoms with Gasteiger partial charge in [-0.15, -0.1) is 11.6 Å². The number of hydrogen-bond acceptors (Lipinski definition) is 0. The fourth-order valence-corrected chi connectivity index (χ4v) is 2.23. The molecular formula is C14H20Cl2. The summed E-state index contributed by atoms with van der Waals surface area (Å²) in [5, 5.41) is 1.05. The summed E-state index contributed by atoms with van der Waals surface area (Å²) in [6, 6.07) is 7.97. The Kier molecular flexibility index (Phi) is 6.91. The number of rotatable bonds is 7. The summed E-state index contributed by atoms with van der Waals surface area (Å²) in [5.41, 5.74) is 1.28. The van der Waals surface area contributed by atoms with E-state index in [1.807, 2.05) is 12.1 Å². The van der Waals surface area contributed by atoms with Crippen LogP contribution in [-0.4, -0.2) is 5.38 Å². The van der Waals surface area contributed by atoms with Gasteiger partial charge in [0.2, 0.25) is 0 Å². The molecule has 90 valence electrons. The van der Waals surface area contributed by atoms with E-state index in [9.17, 15) is 0 Å². The van der Waals surface area contributed by atoms with Gasteiger partial charge in [-0.05, 0) is 30.5 Å². The van der Waals surface area contributed by atoms with Crippen LogP contribution < -0.4 is 0 Å². The summed E-state index contributed by atoms with van der Waals surface area (Å²) < 4.78 is 0. The van der Waals surface area contributed by atoms with E-state index in [4.69, 9.17) is 23.2 Å². The second-order valence-electron chi connectivity index (χ2n) is 4.28. The van der Waals surface area contributed by atoms with Gasteiger partial charge in [0.25, 0.3) is 0 Å². The Bertz CT molecular complexity index is 279. The Morgan fingerprint density at radius 1 is 1.06 bits per heavy atom. The second kappa shape index (κ2) is 7.97. The van der Waals surface area contributed by atoms with Crippen LogP contribution in [0.25, 0.3) is 0 Å². The Morgan fingerprint density at radius 3 is 2.38 bits per heavy atom. The zero-order valence-electron chi connectivity index (χ0n) is 9.89. The van der Waals surface area contributed by atoms with Crippen LogP contribution in [0.15, 0.2) is 24.3 Å². The van der Waals surface area contributed by atoms with Crippen LogP contribution in [-0.2, 0) is 6.42 Å². The molecule has 1 unspecified atom stereocenters. The van der Waals surface area contributed by atoms with Gasteiger partial charge < -0.3 is 0 Å². The van der Waals surface area contributed by atoms with Crippen molar-refractivity contribution in [2.45, 2.75) is 50.8 Å². The van der Waals surface area contributed by atoms with Crippen molar-refractivity contribution in [1.82, 2.24) is 0 Å². The van der Waals surface area contributed by atoms with E-state index in [1.54, 1.807) is 0 Å². The molecule has 0 bridgehead atoms. The average molecular weight is 259 g/mol. The van der Waals surface area contributed by atoms with E-state index in [1.165, 1.54) is 31.2 Å². The molecule has 0 aliphatic rings. The van der Waals surface area contributed by atoms with Crippen molar-refractivity contribution < 1.29 is 0 Å². The van der Waals surface area contributed by atoms with Gasteiger partial charge in [0.15, 0.2) is 0 Å². The molecule has 0 aromatic heterocycles. The van der Waals surface area contributed by atoms with E-state index in [-0.39, 0.29) is 5.38 Å². The maximum Gasteiger partial charge on any atom is 0.0406 e. The summed E-state index contributed by atoms with van der Waals surface area (Å²) in [5.74, 6) is 0. The van der Waals surface area contributed by atoms with Crippen molar-refractivity contribution in [3.05, 3.63) is 34.9 Å². The number of benzene rings is 1. The lowest BCUT2D eigenvalue weighted by Gasteiger charge is -2.09. The molecule has 0 saturated heterocycles. The Morgan fingerprint density at radius 2 is 1.75 bits per heavy atom. The van der Waals surface area contributed by atoms with Crippen molar-refractivity contribution >= 4 is 23.2 Å². The predicted molar refractivity (Wildman–Crippen MR) is 73.6 cm³/mol. The first-order valence-electron chi connectivity index (χ1n) is 6.11. The normalized spacial score (nSPS) is 12.7.